The lowest BCUT2D eigenvalue weighted by atomic mass is 10.2. The normalized spacial score (nSPS) is 16.0. The molecule has 1 aliphatic carbocycles. The van der Waals surface area contributed by atoms with Gasteiger partial charge in [-0.1, -0.05) is 35.1 Å². The number of pyridine rings is 1. The number of benzene rings is 1. The first-order valence-electron chi connectivity index (χ1n) is 13.2. The van der Waals surface area contributed by atoms with Gasteiger partial charge in [0.25, 0.3) is 5.91 Å². The molecule has 0 radical (unpaired) electrons. The van der Waals surface area contributed by atoms with Gasteiger partial charge in [-0.2, -0.15) is 9.37 Å². The quantitative estimate of drug-likeness (QED) is 0.240. The van der Waals surface area contributed by atoms with Crippen LogP contribution >= 0.6 is 22.9 Å². The van der Waals surface area contributed by atoms with E-state index in [1.807, 2.05) is 24.0 Å². The highest BCUT2D eigenvalue weighted by molar-refractivity contribution is 7.17. The first-order chi connectivity index (χ1) is 19.9. The maximum Gasteiger partial charge on any atom is 0.267 e. The van der Waals surface area contributed by atoms with Crippen LogP contribution in [0.15, 0.2) is 42.7 Å². The fourth-order valence-corrected chi connectivity index (χ4v) is 6.09. The van der Waals surface area contributed by atoms with Crippen molar-refractivity contribution < 1.29 is 14.0 Å². The molecule has 41 heavy (non-hydrogen) atoms. The van der Waals surface area contributed by atoms with Crippen molar-refractivity contribution in [3.05, 3.63) is 75.4 Å². The molecule has 13 heteroatoms. The summed E-state index contributed by atoms with van der Waals surface area (Å²) in [6.45, 7) is 2.50. The first kappa shape index (κ1) is 27.0. The summed E-state index contributed by atoms with van der Waals surface area (Å²) in [5.74, 6) is -0.0477. The van der Waals surface area contributed by atoms with E-state index >= 15 is 0 Å². The summed E-state index contributed by atoms with van der Waals surface area (Å²) in [6.07, 6.45) is 6.84. The number of carbonyl (C=O) groups excluding carboxylic acids is 2. The van der Waals surface area contributed by atoms with Crippen molar-refractivity contribution in [1.29, 1.82) is 0 Å². The number of nitrogens with one attached hydrogen (secondary N) is 3. The number of amides is 2. The van der Waals surface area contributed by atoms with Crippen LogP contribution in [0.1, 0.15) is 45.8 Å². The molecule has 1 atom stereocenters. The molecule has 1 aliphatic heterocycles. The van der Waals surface area contributed by atoms with Gasteiger partial charge < -0.3 is 20.9 Å². The molecule has 2 amide bonds. The van der Waals surface area contributed by atoms with Crippen LogP contribution in [0.2, 0.25) is 5.02 Å². The number of thiazole rings is 1. The average Bonchev–Trinajstić information content (AvgIpc) is 3.73. The van der Waals surface area contributed by atoms with Gasteiger partial charge in [0.1, 0.15) is 16.7 Å². The van der Waals surface area contributed by atoms with Crippen molar-refractivity contribution in [1.82, 2.24) is 19.9 Å². The highest BCUT2D eigenvalue weighted by Gasteiger charge is 2.34. The van der Waals surface area contributed by atoms with Crippen LogP contribution in [0.25, 0.3) is 0 Å². The molecule has 1 fully saturated rings. The number of hydrogen-bond acceptors (Lipinski definition) is 9. The topological polar surface area (TPSA) is 125 Å². The highest BCUT2D eigenvalue weighted by Crippen LogP contribution is 2.34. The van der Waals surface area contributed by atoms with Gasteiger partial charge in [-0.05, 0) is 62.8 Å². The number of anilines is 5. The Hall–Kier alpha value is -4.16. The summed E-state index contributed by atoms with van der Waals surface area (Å²) in [5, 5.41) is 9.98. The zero-order chi connectivity index (χ0) is 28.5. The summed E-state index contributed by atoms with van der Waals surface area (Å²) >= 11 is 7.48. The van der Waals surface area contributed by atoms with Gasteiger partial charge in [-0.15, -0.1) is 0 Å². The van der Waals surface area contributed by atoms with Gasteiger partial charge in [0, 0.05) is 12.1 Å². The molecule has 10 nitrogen and oxygen atoms in total. The van der Waals surface area contributed by atoms with Crippen molar-refractivity contribution in [3.63, 3.8) is 0 Å². The molecule has 4 heterocycles. The standard InChI is InChI=1S/C28H26ClFN8O2S/c1-15-5-2-7-18(29)23(15)35-26(40)21-14-32-28(41-21)37-24-17-6-3-8-19(17)34-27(36-24)38-12-4-9-20(38)25(39)33-16-10-11-22(30)31-13-16/h2,5,7,10-11,13-14,20H,3-4,6,8-9,12H2,1H3,(H,33,39)(H,35,40)(H,32,34,36,37)/t20-/m1/s1. The summed E-state index contributed by atoms with van der Waals surface area (Å²) < 4.78 is 13.2. The Labute approximate surface area is 244 Å². The van der Waals surface area contributed by atoms with E-state index in [1.165, 1.54) is 35.9 Å². The second kappa shape index (κ2) is 11.4. The molecule has 0 bridgehead atoms. The first-order valence-corrected chi connectivity index (χ1v) is 14.4. The molecule has 3 aromatic heterocycles. The number of rotatable bonds is 7. The Morgan fingerprint density at radius 2 is 1.95 bits per heavy atom. The number of aryl methyl sites for hydroxylation is 2. The smallest absolute Gasteiger partial charge is 0.267 e. The lowest BCUT2D eigenvalue weighted by molar-refractivity contribution is -0.117. The van der Waals surface area contributed by atoms with Gasteiger partial charge in [-0.25, -0.2) is 15.0 Å². The van der Waals surface area contributed by atoms with Gasteiger partial charge in [0.2, 0.25) is 17.8 Å². The average molecular weight is 593 g/mol. The third kappa shape index (κ3) is 5.70. The van der Waals surface area contributed by atoms with E-state index in [1.54, 1.807) is 6.07 Å². The van der Waals surface area contributed by atoms with E-state index in [9.17, 15) is 14.0 Å². The van der Waals surface area contributed by atoms with Crippen molar-refractivity contribution in [2.45, 2.75) is 45.1 Å². The van der Waals surface area contributed by atoms with Crippen LogP contribution in [0.4, 0.5) is 32.7 Å². The predicted octanol–water partition coefficient (Wildman–Crippen LogP) is 5.52. The SMILES string of the molecule is Cc1cccc(Cl)c1NC(=O)c1cnc(Nc2nc(N3CCC[C@@H]3C(=O)Nc3ccc(F)nc3)nc3c2CCC3)s1. The van der Waals surface area contributed by atoms with Gasteiger partial charge >= 0.3 is 0 Å². The molecule has 0 spiro atoms. The van der Waals surface area contributed by atoms with Crippen molar-refractivity contribution >= 4 is 63.0 Å². The van der Waals surface area contributed by atoms with Crippen LogP contribution in [-0.4, -0.2) is 44.3 Å². The maximum absolute atomic E-state index is 13.2. The number of halogens is 2. The number of carbonyl (C=O) groups is 2. The van der Waals surface area contributed by atoms with E-state index in [4.69, 9.17) is 21.6 Å². The Kier molecular flexibility index (Phi) is 7.50. The largest absolute Gasteiger partial charge is 0.329 e. The third-order valence-corrected chi connectivity index (χ3v) is 8.37. The van der Waals surface area contributed by atoms with Gasteiger partial charge in [-0.3, -0.25) is 9.59 Å². The molecule has 0 saturated carbocycles. The second-order valence-corrected chi connectivity index (χ2v) is 11.3. The molecule has 3 N–H and O–H groups in total. The van der Waals surface area contributed by atoms with Gasteiger partial charge in [0.05, 0.1) is 34.5 Å². The molecule has 2 aliphatic rings. The lowest BCUT2D eigenvalue weighted by Gasteiger charge is -2.25. The molecule has 1 saturated heterocycles. The van der Waals surface area contributed by atoms with Crippen molar-refractivity contribution in [3.8, 4) is 0 Å². The minimum atomic E-state index is -0.610. The monoisotopic (exact) mass is 592 g/mol. The number of nitrogens with zero attached hydrogens (tertiary/aromatic N) is 5. The Morgan fingerprint density at radius 3 is 2.76 bits per heavy atom. The minimum absolute atomic E-state index is 0.223. The van der Waals surface area contributed by atoms with E-state index < -0.39 is 12.0 Å². The second-order valence-electron chi connectivity index (χ2n) is 9.90. The van der Waals surface area contributed by atoms with Crippen molar-refractivity contribution in [2.24, 2.45) is 0 Å². The summed E-state index contributed by atoms with van der Waals surface area (Å²) in [7, 11) is 0. The fraction of sp³-hybridized carbons (Fsp3) is 0.286. The van der Waals surface area contributed by atoms with Crippen molar-refractivity contribution in [2.75, 3.05) is 27.4 Å². The zero-order valence-corrected chi connectivity index (χ0v) is 23.7. The number of aromatic nitrogens is 4. The van der Waals surface area contributed by atoms with E-state index in [0.717, 1.165) is 42.5 Å². The third-order valence-electron chi connectivity index (χ3n) is 7.14. The summed E-state index contributed by atoms with van der Waals surface area (Å²) in [6, 6.07) is 7.64. The highest BCUT2D eigenvalue weighted by atomic mass is 35.5. The van der Waals surface area contributed by atoms with Gasteiger partial charge in [0.15, 0.2) is 5.13 Å². The summed E-state index contributed by atoms with van der Waals surface area (Å²) in [5.41, 5.74) is 3.81. The van der Waals surface area contributed by atoms with E-state index in [2.05, 4.69) is 25.9 Å². The molecule has 0 unspecified atom stereocenters. The molecular weight excluding hydrogens is 567 g/mol. The van der Waals surface area contributed by atoms with Crippen LogP contribution < -0.4 is 20.9 Å². The minimum Gasteiger partial charge on any atom is -0.329 e. The Bertz CT molecular complexity index is 1610. The number of fused-ring (bicyclic) bond motifs is 1. The van der Waals surface area contributed by atoms with Crippen LogP contribution in [0.3, 0.4) is 0 Å². The molecule has 4 aromatic rings. The van der Waals surface area contributed by atoms with E-state index in [0.29, 0.717) is 51.1 Å². The molecule has 1 aromatic carbocycles. The fourth-order valence-electron chi connectivity index (χ4n) is 5.11. The maximum atomic E-state index is 13.2. The van der Waals surface area contributed by atoms with Crippen LogP contribution in [0, 0.1) is 12.9 Å². The number of para-hydroxylation sites is 1. The Balaban J connectivity index is 1.21. The Morgan fingerprint density at radius 1 is 1.07 bits per heavy atom. The molecule has 210 valence electrons. The lowest BCUT2D eigenvalue weighted by Crippen LogP contribution is -2.40. The molecule has 6 rings (SSSR count). The van der Waals surface area contributed by atoms with Crippen LogP contribution in [0.5, 0.6) is 0 Å². The van der Waals surface area contributed by atoms with Crippen LogP contribution in [-0.2, 0) is 17.6 Å². The van der Waals surface area contributed by atoms with E-state index in [-0.39, 0.29) is 11.8 Å². The summed E-state index contributed by atoms with van der Waals surface area (Å²) in [4.78, 5) is 46.1. The molecular formula is C28H26ClFN8O2S. The number of hydrogen-bond donors (Lipinski definition) is 3. The zero-order valence-electron chi connectivity index (χ0n) is 22.1. The predicted molar refractivity (Wildman–Crippen MR) is 157 cm³/mol.